The average Bonchev–Trinajstić information content (AvgIpc) is 2.14. The van der Waals surface area contributed by atoms with Crippen molar-refractivity contribution >= 4 is 0 Å². The zero-order chi connectivity index (χ0) is 9.68. The predicted octanol–water partition coefficient (Wildman–Crippen LogP) is 1.98. The van der Waals surface area contributed by atoms with Crippen LogP contribution < -0.4 is 4.74 Å². The van der Waals surface area contributed by atoms with Crippen molar-refractivity contribution in [3.63, 3.8) is 0 Å². The second-order valence-corrected chi connectivity index (χ2v) is 2.67. The van der Waals surface area contributed by atoms with E-state index < -0.39 is 6.29 Å². The number of ether oxygens (including phenoxy) is 2. The van der Waals surface area contributed by atoms with Crippen LogP contribution in [0.2, 0.25) is 0 Å². The molecule has 2 nitrogen and oxygen atoms in total. The quantitative estimate of drug-likeness (QED) is 0.518. The maximum atomic E-state index is 5.34. The summed E-state index contributed by atoms with van der Waals surface area (Å²) in [6.45, 7) is 1.99. The number of terminal acetylenes is 1. The molecule has 0 heterocycles. The van der Waals surface area contributed by atoms with E-state index in [4.69, 9.17) is 15.9 Å². The van der Waals surface area contributed by atoms with Crippen LogP contribution in [0.3, 0.4) is 0 Å². The van der Waals surface area contributed by atoms with Gasteiger partial charge in [-0.05, 0) is 30.5 Å². The Kier molecular flexibility index (Phi) is 3.36. The Labute approximate surface area is 78.5 Å². The largest absolute Gasteiger partial charge is 0.453 e. The van der Waals surface area contributed by atoms with Gasteiger partial charge >= 0.3 is 0 Å². The van der Waals surface area contributed by atoms with E-state index in [1.807, 2.05) is 31.2 Å². The molecule has 0 amide bonds. The molecule has 2 heteroatoms. The summed E-state index contributed by atoms with van der Waals surface area (Å²) in [5, 5.41) is 0. The number of benzene rings is 1. The molecule has 1 atom stereocenters. The van der Waals surface area contributed by atoms with Gasteiger partial charge < -0.3 is 9.47 Å². The van der Waals surface area contributed by atoms with Gasteiger partial charge in [-0.3, -0.25) is 0 Å². The van der Waals surface area contributed by atoms with Crippen molar-refractivity contribution in [3.05, 3.63) is 29.8 Å². The van der Waals surface area contributed by atoms with E-state index in [0.717, 1.165) is 11.3 Å². The van der Waals surface area contributed by atoms with Crippen molar-refractivity contribution in [3.8, 4) is 18.1 Å². The Morgan fingerprint density at radius 3 is 2.77 bits per heavy atom. The summed E-state index contributed by atoms with van der Waals surface area (Å²) in [6, 6.07) is 7.65. The minimum Gasteiger partial charge on any atom is -0.453 e. The van der Waals surface area contributed by atoms with Crippen LogP contribution in [0.1, 0.15) is 5.56 Å². The van der Waals surface area contributed by atoms with E-state index in [-0.39, 0.29) is 0 Å². The maximum absolute atomic E-state index is 5.34. The fourth-order valence-electron chi connectivity index (χ4n) is 0.962. The Balaban J connectivity index is 2.69. The third-order valence-electron chi connectivity index (χ3n) is 1.58. The van der Waals surface area contributed by atoms with Crippen molar-refractivity contribution in [1.82, 2.24) is 0 Å². The first kappa shape index (κ1) is 9.63. The molecule has 1 rings (SSSR count). The average molecular weight is 176 g/mol. The first-order chi connectivity index (χ1) is 6.26. The predicted molar refractivity (Wildman–Crippen MR) is 51.4 cm³/mol. The first-order valence-corrected chi connectivity index (χ1v) is 3.98. The summed E-state index contributed by atoms with van der Waals surface area (Å²) in [4.78, 5) is 0. The fourth-order valence-corrected chi connectivity index (χ4v) is 0.962. The van der Waals surface area contributed by atoms with Crippen LogP contribution >= 0.6 is 0 Å². The lowest BCUT2D eigenvalue weighted by Gasteiger charge is -2.11. The molecule has 0 aromatic heterocycles. The Bertz CT molecular complexity index is 312. The third-order valence-corrected chi connectivity index (χ3v) is 1.58. The van der Waals surface area contributed by atoms with E-state index in [1.54, 1.807) is 0 Å². The van der Waals surface area contributed by atoms with Gasteiger partial charge in [0.05, 0.1) is 0 Å². The van der Waals surface area contributed by atoms with E-state index >= 15 is 0 Å². The van der Waals surface area contributed by atoms with Crippen LogP contribution in [-0.2, 0) is 4.74 Å². The summed E-state index contributed by atoms with van der Waals surface area (Å²) < 4.78 is 10.2. The molecule has 0 radical (unpaired) electrons. The highest BCUT2D eigenvalue weighted by atomic mass is 16.7. The van der Waals surface area contributed by atoms with Crippen LogP contribution in [0.25, 0.3) is 0 Å². The van der Waals surface area contributed by atoms with Gasteiger partial charge in [-0.15, -0.1) is 6.42 Å². The maximum Gasteiger partial charge on any atom is 0.264 e. The van der Waals surface area contributed by atoms with Crippen molar-refractivity contribution in [2.45, 2.75) is 13.2 Å². The molecule has 0 saturated carbocycles. The summed E-state index contributed by atoms with van der Waals surface area (Å²) in [7, 11) is 1.51. The number of aryl methyl sites for hydroxylation is 1. The fraction of sp³-hybridized carbons (Fsp3) is 0.273. The van der Waals surface area contributed by atoms with Gasteiger partial charge in [-0.25, -0.2) is 0 Å². The van der Waals surface area contributed by atoms with Crippen LogP contribution in [0.4, 0.5) is 0 Å². The molecule has 0 aliphatic heterocycles. The second kappa shape index (κ2) is 4.54. The van der Waals surface area contributed by atoms with Gasteiger partial charge in [0.15, 0.2) is 0 Å². The summed E-state index contributed by atoms with van der Waals surface area (Å²) >= 11 is 0. The number of hydrogen-bond donors (Lipinski definition) is 0. The van der Waals surface area contributed by atoms with Gasteiger partial charge in [-0.1, -0.05) is 12.1 Å². The van der Waals surface area contributed by atoms with Crippen molar-refractivity contribution in [1.29, 1.82) is 0 Å². The zero-order valence-electron chi connectivity index (χ0n) is 7.78. The number of hydrogen-bond acceptors (Lipinski definition) is 2. The molecule has 1 aromatic rings. The van der Waals surface area contributed by atoms with Gasteiger partial charge in [-0.2, -0.15) is 0 Å². The second-order valence-electron chi connectivity index (χ2n) is 2.67. The molecule has 13 heavy (non-hydrogen) atoms. The van der Waals surface area contributed by atoms with Crippen molar-refractivity contribution in [2.24, 2.45) is 0 Å². The van der Waals surface area contributed by atoms with E-state index in [9.17, 15) is 0 Å². The summed E-state index contributed by atoms with van der Waals surface area (Å²) in [6.07, 6.45) is 4.56. The molecule has 0 N–H and O–H groups in total. The van der Waals surface area contributed by atoms with Crippen LogP contribution in [0.5, 0.6) is 5.75 Å². The third kappa shape index (κ3) is 2.81. The molecule has 0 saturated heterocycles. The molecule has 0 aliphatic carbocycles. The lowest BCUT2D eigenvalue weighted by Crippen LogP contribution is -2.15. The van der Waals surface area contributed by atoms with Crippen LogP contribution in [-0.4, -0.2) is 13.4 Å². The lowest BCUT2D eigenvalue weighted by atomic mass is 10.2. The van der Waals surface area contributed by atoms with Gasteiger partial charge in [0.1, 0.15) is 5.75 Å². The molecule has 0 fully saturated rings. The Hall–Kier alpha value is -1.46. The van der Waals surface area contributed by atoms with E-state index in [0.29, 0.717) is 0 Å². The van der Waals surface area contributed by atoms with Crippen LogP contribution in [0, 0.1) is 19.3 Å². The summed E-state index contributed by atoms with van der Waals surface area (Å²) in [5.74, 6) is 3.10. The van der Waals surface area contributed by atoms with Crippen molar-refractivity contribution < 1.29 is 9.47 Å². The molecule has 0 bridgehead atoms. The smallest absolute Gasteiger partial charge is 0.264 e. The zero-order valence-corrected chi connectivity index (χ0v) is 7.78. The SMILES string of the molecule is C#CC(OC)Oc1cccc(C)c1. The normalized spacial score (nSPS) is 11.8. The number of methoxy groups -OCH3 is 1. The Morgan fingerprint density at radius 1 is 1.46 bits per heavy atom. The molecule has 1 aromatic carbocycles. The molecule has 1 unspecified atom stereocenters. The van der Waals surface area contributed by atoms with Gasteiger partial charge in [0.25, 0.3) is 6.29 Å². The molecule has 68 valence electrons. The summed E-state index contributed by atoms with van der Waals surface area (Å²) in [5.41, 5.74) is 1.13. The van der Waals surface area contributed by atoms with E-state index in [2.05, 4.69) is 5.92 Å². The van der Waals surface area contributed by atoms with Crippen molar-refractivity contribution in [2.75, 3.05) is 7.11 Å². The lowest BCUT2D eigenvalue weighted by molar-refractivity contribution is -0.00804. The standard InChI is InChI=1S/C11H12O2/c1-4-11(12-3)13-10-7-5-6-9(2)8-10/h1,5-8,11H,2-3H3. The monoisotopic (exact) mass is 176 g/mol. The highest BCUT2D eigenvalue weighted by Gasteiger charge is 2.03. The van der Waals surface area contributed by atoms with Gasteiger partial charge in [0, 0.05) is 7.11 Å². The highest BCUT2D eigenvalue weighted by molar-refractivity contribution is 5.27. The highest BCUT2D eigenvalue weighted by Crippen LogP contribution is 2.13. The minimum absolute atomic E-state index is 0.609. The molecular weight excluding hydrogens is 164 g/mol. The van der Waals surface area contributed by atoms with Gasteiger partial charge in [0.2, 0.25) is 0 Å². The molecular formula is C11H12O2. The number of rotatable bonds is 3. The topological polar surface area (TPSA) is 18.5 Å². The van der Waals surface area contributed by atoms with E-state index in [1.165, 1.54) is 7.11 Å². The first-order valence-electron chi connectivity index (χ1n) is 3.98. The minimum atomic E-state index is -0.609. The Morgan fingerprint density at radius 2 is 2.23 bits per heavy atom. The molecule has 0 spiro atoms. The molecule has 0 aliphatic rings. The van der Waals surface area contributed by atoms with Crippen LogP contribution in [0.15, 0.2) is 24.3 Å².